The van der Waals surface area contributed by atoms with Crippen molar-refractivity contribution in [3.05, 3.63) is 34.8 Å². The number of anilines is 1. The van der Waals surface area contributed by atoms with Crippen molar-refractivity contribution in [1.29, 1.82) is 0 Å². The molecule has 0 saturated carbocycles. The number of methoxy groups -OCH3 is 2. The third kappa shape index (κ3) is 5.54. The fraction of sp³-hybridized carbons (Fsp3) is 0.400. The van der Waals surface area contributed by atoms with Gasteiger partial charge in [0.2, 0.25) is 0 Å². The molecule has 0 atom stereocenters. The predicted molar refractivity (Wildman–Crippen MR) is 94.5 cm³/mol. The third-order valence-electron chi connectivity index (χ3n) is 3.25. The van der Waals surface area contributed by atoms with E-state index in [1.54, 1.807) is 20.4 Å². The maximum absolute atomic E-state index is 9.29. The van der Waals surface area contributed by atoms with Gasteiger partial charge in [0.25, 0.3) is 0 Å². The highest BCUT2D eigenvalue weighted by atomic mass is 35.5. The minimum atomic E-state index is 0. The van der Waals surface area contributed by atoms with Crippen LogP contribution in [0.2, 0.25) is 0 Å². The second-order valence-electron chi connectivity index (χ2n) is 4.78. The van der Waals surface area contributed by atoms with Gasteiger partial charge >= 0.3 is 0 Å². The molecule has 1 aromatic carbocycles. The molecule has 2 rings (SSSR count). The molecular formula is C15H22ClN3O3S. The third-order valence-corrected chi connectivity index (χ3v) is 4.06. The number of hydrogen-bond acceptors (Lipinski definition) is 7. The lowest BCUT2D eigenvalue weighted by Crippen LogP contribution is -2.26. The molecule has 128 valence electrons. The van der Waals surface area contributed by atoms with Crippen molar-refractivity contribution in [1.82, 2.24) is 9.88 Å². The Labute approximate surface area is 146 Å². The Morgan fingerprint density at radius 2 is 2.04 bits per heavy atom. The Kier molecular flexibility index (Phi) is 8.11. The summed E-state index contributed by atoms with van der Waals surface area (Å²) >= 11 is 1.46. The van der Waals surface area contributed by atoms with Gasteiger partial charge < -0.3 is 20.3 Å². The summed E-state index contributed by atoms with van der Waals surface area (Å²) in [5, 5.41) is 9.84. The molecule has 0 aliphatic carbocycles. The summed E-state index contributed by atoms with van der Waals surface area (Å²) in [4.78, 5) is 7.24. The summed E-state index contributed by atoms with van der Waals surface area (Å²) in [5.74, 6) is 1.58. The average molecular weight is 360 g/mol. The van der Waals surface area contributed by atoms with Crippen LogP contribution in [0.3, 0.4) is 0 Å². The van der Waals surface area contributed by atoms with E-state index in [1.807, 2.05) is 18.2 Å². The molecular weight excluding hydrogens is 338 g/mol. The van der Waals surface area contributed by atoms with Gasteiger partial charge in [-0.2, -0.15) is 0 Å². The molecule has 0 spiro atoms. The molecule has 2 aromatic rings. The number of nitrogen functional groups attached to an aromatic ring is 1. The Morgan fingerprint density at radius 1 is 1.26 bits per heavy atom. The highest BCUT2D eigenvalue weighted by Crippen LogP contribution is 2.26. The largest absolute Gasteiger partial charge is 0.497 e. The molecule has 1 heterocycles. The molecule has 0 unspecified atom stereocenters. The first kappa shape index (κ1) is 19.5. The monoisotopic (exact) mass is 359 g/mol. The first-order valence-corrected chi connectivity index (χ1v) is 7.72. The van der Waals surface area contributed by atoms with Gasteiger partial charge in [-0.15, -0.1) is 23.7 Å². The summed E-state index contributed by atoms with van der Waals surface area (Å²) in [6.45, 7) is 1.95. The molecule has 6 nitrogen and oxygen atoms in total. The van der Waals surface area contributed by atoms with E-state index in [0.29, 0.717) is 24.8 Å². The number of benzene rings is 1. The summed E-state index contributed by atoms with van der Waals surface area (Å²) < 4.78 is 10.7. The minimum Gasteiger partial charge on any atom is -0.497 e. The van der Waals surface area contributed by atoms with E-state index in [4.69, 9.17) is 15.2 Å². The number of aliphatic hydroxyl groups excluding tert-OH is 1. The second-order valence-corrected chi connectivity index (χ2v) is 5.92. The van der Waals surface area contributed by atoms with Crippen LogP contribution in [-0.4, -0.2) is 42.4 Å². The van der Waals surface area contributed by atoms with Crippen LogP contribution in [-0.2, 0) is 13.1 Å². The average Bonchev–Trinajstić information content (AvgIpc) is 2.92. The summed E-state index contributed by atoms with van der Waals surface area (Å²) in [6.07, 6.45) is 1.77. The van der Waals surface area contributed by atoms with Gasteiger partial charge in [0, 0.05) is 36.3 Å². The van der Waals surface area contributed by atoms with Gasteiger partial charge in [0.15, 0.2) is 5.13 Å². The maximum atomic E-state index is 9.29. The lowest BCUT2D eigenvalue weighted by molar-refractivity contribution is 0.184. The van der Waals surface area contributed by atoms with E-state index >= 15 is 0 Å². The fourth-order valence-electron chi connectivity index (χ4n) is 2.22. The van der Waals surface area contributed by atoms with Gasteiger partial charge in [-0.1, -0.05) is 0 Å². The molecule has 0 bridgehead atoms. The number of hydrogen-bond donors (Lipinski definition) is 2. The summed E-state index contributed by atoms with van der Waals surface area (Å²) in [6, 6.07) is 5.70. The van der Waals surface area contributed by atoms with Crippen LogP contribution in [0, 0.1) is 0 Å². The molecule has 0 aliphatic rings. The molecule has 0 saturated heterocycles. The van der Waals surface area contributed by atoms with Crippen LogP contribution in [0.4, 0.5) is 5.13 Å². The number of nitrogens with two attached hydrogens (primary N) is 1. The van der Waals surface area contributed by atoms with Crippen molar-refractivity contribution < 1.29 is 14.6 Å². The summed E-state index contributed by atoms with van der Waals surface area (Å²) in [5.41, 5.74) is 6.67. The summed E-state index contributed by atoms with van der Waals surface area (Å²) in [7, 11) is 3.28. The molecule has 23 heavy (non-hydrogen) atoms. The first-order chi connectivity index (χ1) is 10.7. The molecule has 8 heteroatoms. The Bertz CT molecular complexity index is 609. The van der Waals surface area contributed by atoms with Gasteiger partial charge in [-0.3, -0.25) is 4.90 Å². The van der Waals surface area contributed by atoms with Crippen LogP contribution < -0.4 is 15.2 Å². The topological polar surface area (TPSA) is 80.8 Å². The number of halogens is 1. The van der Waals surface area contributed by atoms with Crippen molar-refractivity contribution in [2.45, 2.75) is 13.1 Å². The lowest BCUT2D eigenvalue weighted by Gasteiger charge is -2.22. The quantitative estimate of drug-likeness (QED) is 0.751. The lowest BCUT2D eigenvalue weighted by atomic mass is 10.1. The van der Waals surface area contributed by atoms with Crippen LogP contribution in [0.1, 0.15) is 10.4 Å². The highest BCUT2D eigenvalue weighted by Gasteiger charge is 2.13. The Morgan fingerprint density at radius 3 is 2.61 bits per heavy atom. The number of ether oxygens (including phenoxy) is 2. The Balaban J connectivity index is 0.00000264. The van der Waals surface area contributed by atoms with E-state index in [0.717, 1.165) is 21.9 Å². The fourth-order valence-corrected chi connectivity index (χ4v) is 2.94. The van der Waals surface area contributed by atoms with Crippen LogP contribution in [0.25, 0.3) is 0 Å². The number of rotatable bonds is 8. The molecule has 0 radical (unpaired) electrons. The number of nitrogens with zero attached hydrogens (tertiary/aromatic N) is 2. The zero-order chi connectivity index (χ0) is 15.9. The molecule has 3 N–H and O–H groups in total. The standard InChI is InChI=1S/C15H21N3O3S.ClH/c1-20-12-3-4-14(21-2)11(7-12)9-18(5-6-19)10-13-8-17-15(16)22-13;/h3-4,7-8,19H,5-6,9-10H2,1-2H3,(H2,16,17);1H. The van der Waals surface area contributed by atoms with E-state index in [1.165, 1.54) is 11.3 Å². The van der Waals surface area contributed by atoms with Crippen LogP contribution >= 0.6 is 23.7 Å². The van der Waals surface area contributed by atoms with Crippen molar-refractivity contribution in [2.75, 3.05) is 33.1 Å². The molecule has 0 aliphatic heterocycles. The SMILES string of the molecule is COc1ccc(OC)c(CN(CCO)Cc2cnc(N)s2)c1.Cl. The second kappa shape index (κ2) is 9.57. The first-order valence-electron chi connectivity index (χ1n) is 6.90. The Hall–Kier alpha value is -1.54. The molecule has 0 fully saturated rings. The van der Waals surface area contributed by atoms with E-state index in [9.17, 15) is 5.11 Å². The zero-order valence-corrected chi connectivity index (χ0v) is 14.8. The van der Waals surface area contributed by atoms with E-state index in [2.05, 4.69) is 9.88 Å². The minimum absolute atomic E-state index is 0. The molecule has 0 amide bonds. The van der Waals surface area contributed by atoms with Gasteiger partial charge in [0.05, 0.1) is 20.8 Å². The smallest absolute Gasteiger partial charge is 0.180 e. The normalized spacial score (nSPS) is 10.4. The number of thiazole rings is 1. The predicted octanol–water partition coefficient (Wildman–Crippen LogP) is 2.16. The van der Waals surface area contributed by atoms with Gasteiger partial charge in [0.1, 0.15) is 11.5 Å². The number of aromatic nitrogens is 1. The van der Waals surface area contributed by atoms with Gasteiger partial charge in [-0.25, -0.2) is 4.98 Å². The van der Waals surface area contributed by atoms with Crippen LogP contribution in [0.5, 0.6) is 11.5 Å². The maximum Gasteiger partial charge on any atom is 0.180 e. The highest BCUT2D eigenvalue weighted by molar-refractivity contribution is 7.15. The van der Waals surface area contributed by atoms with Crippen LogP contribution in [0.15, 0.2) is 24.4 Å². The van der Waals surface area contributed by atoms with Crippen molar-refractivity contribution in [3.63, 3.8) is 0 Å². The zero-order valence-electron chi connectivity index (χ0n) is 13.2. The van der Waals surface area contributed by atoms with Crippen molar-refractivity contribution in [2.24, 2.45) is 0 Å². The number of aliphatic hydroxyl groups is 1. The van der Waals surface area contributed by atoms with Crippen molar-refractivity contribution >= 4 is 28.9 Å². The van der Waals surface area contributed by atoms with E-state index < -0.39 is 0 Å². The van der Waals surface area contributed by atoms with Gasteiger partial charge in [-0.05, 0) is 18.2 Å². The van der Waals surface area contributed by atoms with E-state index in [-0.39, 0.29) is 19.0 Å². The van der Waals surface area contributed by atoms with Crippen molar-refractivity contribution in [3.8, 4) is 11.5 Å². The molecule has 1 aromatic heterocycles.